The summed E-state index contributed by atoms with van der Waals surface area (Å²) in [6.45, 7) is 1.92. The summed E-state index contributed by atoms with van der Waals surface area (Å²) in [7, 11) is 0. The van der Waals surface area contributed by atoms with Crippen molar-refractivity contribution in [2.75, 3.05) is 5.73 Å². The molecule has 0 spiro atoms. The van der Waals surface area contributed by atoms with Crippen molar-refractivity contribution in [3.63, 3.8) is 0 Å². The van der Waals surface area contributed by atoms with E-state index in [4.69, 9.17) is 17.3 Å². The summed E-state index contributed by atoms with van der Waals surface area (Å²) in [6.07, 6.45) is 1.39. The lowest BCUT2D eigenvalue weighted by Crippen LogP contribution is -2.34. The van der Waals surface area contributed by atoms with Crippen LogP contribution in [0.5, 0.6) is 0 Å². The molecule has 1 amide bonds. The van der Waals surface area contributed by atoms with Gasteiger partial charge in [-0.1, -0.05) is 31.0 Å². The van der Waals surface area contributed by atoms with Crippen LogP contribution in [0.3, 0.4) is 0 Å². The number of rotatable bonds is 5. The van der Waals surface area contributed by atoms with Gasteiger partial charge in [-0.15, -0.1) is 0 Å². The molecule has 1 atom stereocenters. The number of fused-ring (bicyclic) bond motifs is 1. The van der Waals surface area contributed by atoms with Gasteiger partial charge in [0.2, 0.25) is 0 Å². The van der Waals surface area contributed by atoms with Crippen LogP contribution in [0, 0.1) is 0 Å². The second kappa shape index (κ2) is 7.63. The van der Waals surface area contributed by atoms with Crippen LogP contribution in [0.1, 0.15) is 31.6 Å². The zero-order valence-electron chi connectivity index (χ0n) is 14.5. The lowest BCUT2D eigenvalue weighted by atomic mass is 10.1. The van der Waals surface area contributed by atoms with E-state index in [9.17, 15) is 14.7 Å². The summed E-state index contributed by atoms with van der Waals surface area (Å²) in [5.41, 5.74) is 6.06. The maximum Gasteiger partial charge on any atom is 0.405 e. The third-order valence-electron chi connectivity index (χ3n) is 4.09. The van der Waals surface area contributed by atoms with Crippen molar-refractivity contribution in [1.29, 1.82) is 0 Å². The van der Waals surface area contributed by atoms with Gasteiger partial charge in [0.15, 0.2) is 0 Å². The Labute approximate surface area is 159 Å². The highest BCUT2D eigenvalue weighted by atomic mass is 35.5. The predicted octanol–water partition coefficient (Wildman–Crippen LogP) is 3.13. The average Bonchev–Trinajstić information content (AvgIpc) is 2.62. The van der Waals surface area contributed by atoms with Crippen molar-refractivity contribution >= 4 is 34.4 Å². The van der Waals surface area contributed by atoms with Gasteiger partial charge in [-0.2, -0.15) is 0 Å². The highest BCUT2D eigenvalue weighted by molar-refractivity contribution is 6.35. The first-order valence-corrected chi connectivity index (χ1v) is 8.72. The van der Waals surface area contributed by atoms with Gasteiger partial charge < -0.3 is 16.2 Å². The third-order valence-corrected chi connectivity index (χ3v) is 4.40. The molecule has 0 aliphatic heterocycles. The predicted molar refractivity (Wildman–Crippen MR) is 103 cm³/mol. The van der Waals surface area contributed by atoms with E-state index in [0.717, 1.165) is 0 Å². The maximum atomic E-state index is 13.3. The molecule has 140 valence electrons. The molecule has 0 bridgehead atoms. The number of halogens is 1. The molecular formula is C18H18ClN5O3. The minimum absolute atomic E-state index is 0.255. The Morgan fingerprint density at radius 2 is 2.15 bits per heavy atom. The van der Waals surface area contributed by atoms with Crippen LogP contribution >= 0.6 is 11.6 Å². The second-order valence-corrected chi connectivity index (χ2v) is 6.38. The molecule has 27 heavy (non-hydrogen) atoms. The first kappa shape index (κ1) is 18.7. The van der Waals surface area contributed by atoms with Gasteiger partial charge in [0.1, 0.15) is 11.6 Å². The summed E-state index contributed by atoms with van der Waals surface area (Å²) in [5, 5.41) is 12.2. The van der Waals surface area contributed by atoms with Gasteiger partial charge in [-0.3, -0.25) is 9.36 Å². The number of aromatic nitrogens is 3. The SMILES string of the molecule is CCC[C@H](NC(=O)O)c1nc2cccc(Cl)c2c(=O)n1-c1ccc(N)nc1. The van der Waals surface area contributed by atoms with E-state index in [-0.39, 0.29) is 16.2 Å². The monoisotopic (exact) mass is 387 g/mol. The van der Waals surface area contributed by atoms with E-state index in [1.165, 1.54) is 10.8 Å². The topological polar surface area (TPSA) is 123 Å². The zero-order chi connectivity index (χ0) is 19.6. The van der Waals surface area contributed by atoms with Gasteiger partial charge in [-0.25, -0.2) is 14.8 Å². The van der Waals surface area contributed by atoms with Crippen LogP contribution in [0.4, 0.5) is 10.6 Å². The largest absolute Gasteiger partial charge is 0.465 e. The molecule has 2 aromatic heterocycles. The van der Waals surface area contributed by atoms with Crippen LogP contribution in [0.2, 0.25) is 5.02 Å². The summed E-state index contributed by atoms with van der Waals surface area (Å²) >= 11 is 6.23. The molecule has 2 heterocycles. The van der Waals surface area contributed by atoms with E-state index >= 15 is 0 Å². The minimum Gasteiger partial charge on any atom is -0.465 e. The average molecular weight is 388 g/mol. The molecule has 4 N–H and O–H groups in total. The van der Waals surface area contributed by atoms with Gasteiger partial charge in [0.05, 0.1) is 33.9 Å². The Kier molecular flexibility index (Phi) is 5.27. The van der Waals surface area contributed by atoms with E-state index in [0.29, 0.717) is 29.9 Å². The molecule has 9 heteroatoms. The number of anilines is 1. The number of nitrogen functional groups attached to an aromatic ring is 1. The summed E-state index contributed by atoms with van der Waals surface area (Å²) in [6, 6.07) is 7.47. The first-order chi connectivity index (χ1) is 12.9. The highest BCUT2D eigenvalue weighted by Gasteiger charge is 2.23. The Hall–Kier alpha value is -3.13. The molecule has 1 aromatic carbocycles. The second-order valence-electron chi connectivity index (χ2n) is 5.98. The van der Waals surface area contributed by atoms with Gasteiger partial charge in [0, 0.05) is 0 Å². The van der Waals surface area contributed by atoms with Gasteiger partial charge in [0.25, 0.3) is 5.56 Å². The van der Waals surface area contributed by atoms with E-state index < -0.39 is 17.7 Å². The molecule has 3 aromatic rings. The smallest absolute Gasteiger partial charge is 0.405 e. The number of hydrogen-bond donors (Lipinski definition) is 3. The number of carbonyl (C=O) groups is 1. The Balaban J connectivity index is 2.36. The van der Waals surface area contributed by atoms with Crippen molar-refractivity contribution in [2.45, 2.75) is 25.8 Å². The summed E-state index contributed by atoms with van der Waals surface area (Å²) < 4.78 is 1.33. The van der Waals surface area contributed by atoms with Crippen molar-refractivity contribution in [1.82, 2.24) is 19.9 Å². The number of pyridine rings is 1. The van der Waals surface area contributed by atoms with Gasteiger partial charge in [-0.05, 0) is 30.7 Å². The summed E-state index contributed by atoms with van der Waals surface area (Å²) in [4.78, 5) is 33.1. The van der Waals surface area contributed by atoms with Crippen molar-refractivity contribution in [2.24, 2.45) is 0 Å². The minimum atomic E-state index is -1.20. The number of hydrogen-bond acceptors (Lipinski definition) is 5. The van der Waals surface area contributed by atoms with Crippen LogP contribution < -0.4 is 16.6 Å². The number of benzene rings is 1. The van der Waals surface area contributed by atoms with Crippen LogP contribution in [-0.4, -0.2) is 25.7 Å². The molecule has 0 saturated carbocycles. The van der Waals surface area contributed by atoms with Gasteiger partial charge >= 0.3 is 6.09 Å². The molecule has 0 aliphatic rings. The maximum absolute atomic E-state index is 13.3. The number of carboxylic acid groups (broad SMARTS) is 1. The quantitative estimate of drug-likeness (QED) is 0.618. The lowest BCUT2D eigenvalue weighted by Gasteiger charge is -2.21. The van der Waals surface area contributed by atoms with E-state index in [2.05, 4.69) is 15.3 Å². The molecule has 0 aliphatic carbocycles. The standard InChI is InChI=1S/C18H18ClN5O3/c1-2-4-13(23-18(26)27)16-22-12-6-3-5-11(19)15(12)17(25)24(16)10-7-8-14(20)21-9-10/h3,5-9,13,23H,2,4H2,1H3,(H2,20,21)(H,26,27)/t13-/m0/s1. The zero-order valence-corrected chi connectivity index (χ0v) is 15.3. The lowest BCUT2D eigenvalue weighted by molar-refractivity contribution is 0.188. The molecular weight excluding hydrogens is 370 g/mol. The van der Waals surface area contributed by atoms with E-state index in [1.54, 1.807) is 30.3 Å². The van der Waals surface area contributed by atoms with Crippen molar-refractivity contribution in [3.8, 4) is 5.69 Å². The number of nitrogens with one attached hydrogen (secondary N) is 1. The Morgan fingerprint density at radius 3 is 2.78 bits per heavy atom. The fraction of sp³-hybridized carbons (Fsp3) is 0.222. The number of nitrogens with zero attached hydrogens (tertiary/aromatic N) is 3. The molecule has 0 fully saturated rings. The molecule has 8 nitrogen and oxygen atoms in total. The Bertz CT molecular complexity index is 1050. The first-order valence-electron chi connectivity index (χ1n) is 8.35. The van der Waals surface area contributed by atoms with Crippen molar-refractivity contribution in [3.05, 3.63) is 57.7 Å². The molecule has 3 rings (SSSR count). The normalized spacial score (nSPS) is 12.1. The molecule has 0 unspecified atom stereocenters. The fourth-order valence-corrected chi connectivity index (χ4v) is 3.17. The van der Waals surface area contributed by atoms with Crippen LogP contribution in [0.15, 0.2) is 41.3 Å². The van der Waals surface area contributed by atoms with Crippen molar-refractivity contribution < 1.29 is 9.90 Å². The fourth-order valence-electron chi connectivity index (χ4n) is 2.92. The summed E-state index contributed by atoms with van der Waals surface area (Å²) in [5.74, 6) is 0.569. The van der Waals surface area contributed by atoms with Crippen LogP contribution in [-0.2, 0) is 0 Å². The third kappa shape index (κ3) is 3.70. The number of amides is 1. The van der Waals surface area contributed by atoms with Crippen LogP contribution in [0.25, 0.3) is 16.6 Å². The van der Waals surface area contributed by atoms with E-state index in [1.807, 2.05) is 6.92 Å². The number of nitrogens with two attached hydrogens (primary N) is 1. The molecule has 0 saturated heterocycles. The molecule has 0 radical (unpaired) electrons. The highest BCUT2D eigenvalue weighted by Crippen LogP contribution is 2.24. The Morgan fingerprint density at radius 1 is 1.37 bits per heavy atom.